The summed E-state index contributed by atoms with van der Waals surface area (Å²) >= 11 is 0. The van der Waals surface area contributed by atoms with Crippen LogP contribution in [0.1, 0.15) is 42.7 Å². The van der Waals surface area contributed by atoms with Crippen molar-refractivity contribution in [3.63, 3.8) is 0 Å². The minimum Gasteiger partial charge on any atom is -0.396 e. The van der Waals surface area contributed by atoms with Crippen LogP contribution in [0.25, 0.3) is 5.69 Å². The summed E-state index contributed by atoms with van der Waals surface area (Å²) in [6.07, 6.45) is 3.29. The smallest absolute Gasteiger partial charge is 0.273 e. The number of carbonyl (C=O) groups is 1. The van der Waals surface area contributed by atoms with Crippen LogP contribution in [0.4, 0.5) is 0 Å². The second-order valence-corrected chi connectivity index (χ2v) is 6.61. The number of hydrogen-bond acceptors (Lipinski definition) is 4. The number of nitrogens with zero attached hydrogens (tertiary/aromatic N) is 3. The van der Waals surface area contributed by atoms with Gasteiger partial charge in [-0.2, -0.15) is 0 Å². The first-order chi connectivity index (χ1) is 11.5. The maximum absolute atomic E-state index is 12.3. The van der Waals surface area contributed by atoms with E-state index in [2.05, 4.69) is 29.5 Å². The highest BCUT2D eigenvalue weighted by Crippen LogP contribution is 2.14. The molecule has 2 aromatic rings. The Morgan fingerprint density at radius 3 is 2.83 bits per heavy atom. The molecule has 0 aliphatic rings. The highest BCUT2D eigenvalue weighted by atomic mass is 16.3. The van der Waals surface area contributed by atoms with Crippen LogP contribution in [0.5, 0.6) is 0 Å². The molecule has 24 heavy (non-hydrogen) atoms. The Morgan fingerprint density at radius 2 is 2.17 bits per heavy atom. The molecule has 1 aromatic heterocycles. The molecule has 0 bridgehead atoms. The molecule has 130 valence electrons. The summed E-state index contributed by atoms with van der Waals surface area (Å²) in [4.78, 5) is 12.3. The third-order valence-corrected chi connectivity index (χ3v) is 3.89. The fourth-order valence-corrected chi connectivity index (χ4v) is 2.74. The van der Waals surface area contributed by atoms with Crippen LogP contribution in [0.2, 0.25) is 0 Å². The van der Waals surface area contributed by atoms with Gasteiger partial charge in [0, 0.05) is 13.2 Å². The van der Waals surface area contributed by atoms with Crippen molar-refractivity contribution in [3.05, 3.63) is 41.7 Å². The maximum Gasteiger partial charge on any atom is 0.273 e. The second kappa shape index (κ2) is 8.59. The molecule has 1 amide bonds. The number of rotatable bonds is 8. The van der Waals surface area contributed by atoms with E-state index in [-0.39, 0.29) is 18.4 Å². The first kappa shape index (κ1) is 18.1. The van der Waals surface area contributed by atoms with Gasteiger partial charge >= 0.3 is 0 Å². The summed E-state index contributed by atoms with van der Waals surface area (Å²) in [5.74, 6) is 0.562. The van der Waals surface area contributed by atoms with Gasteiger partial charge in [-0.05, 0) is 49.3 Å². The van der Waals surface area contributed by atoms with E-state index < -0.39 is 0 Å². The number of hydrogen-bond donors (Lipinski definition) is 2. The van der Waals surface area contributed by atoms with Crippen LogP contribution in [-0.2, 0) is 0 Å². The van der Waals surface area contributed by atoms with Crippen molar-refractivity contribution in [1.29, 1.82) is 0 Å². The SMILES string of the molecule is Cc1cccc(-n2cc(C(=O)NCC(CCO)CC(C)C)nn2)c1. The fraction of sp³-hybridized carbons (Fsp3) is 0.500. The lowest BCUT2D eigenvalue weighted by atomic mass is 9.94. The summed E-state index contributed by atoms with van der Waals surface area (Å²) in [7, 11) is 0. The van der Waals surface area contributed by atoms with E-state index >= 15 is 0 Å². The molecule has 6 nitrogen and oxygen atoms in total. The van der Waals surface area contributed by atoms with Crippen LogP contribution in [-0.4, -0.2) is 39.2 Å². The predicted octanol–water partition coefficient (Wildman–Crippen LogP) is 2.35. The number of aryl methyl sites for hydroxylation is 1. The molecule has 0 aliphatic heterocycles. The number of amides is 1. The first-order valence-electron chi connectivity index (χ1n) is 8.38. The van der Waals surface area contributed by atoms with Crippen LogP contribution in [0.3, 0.4) is 0 Å². The Bertz CT molecular complexity index is 667. The lowest BCUT2D eigenvalue weighted by Gasteiger charge is -2.18. The highest BCUT2D eigenvalue weighted by molar-refractivity contribution is 5.91. The molecule has 0 fully saturated rings. The van der Waals surface area contributed by atoms with Gasteiger partial charge in [-0.1, -0.05) is 31.2 Å². The van der Waals surface area contributed by atoms with E-state index in [4.69, 9.17) is 5.11 Å². The van der Waals surface area contributed by atoms with Crippen LogP contribution in [0.15, 0.2) is 30.5 Å². The van der Waals surface area contributed by atoms with Gasteiger partial charge in [0.25, 0.3) is 5.91 Å². The second-order valence-electron chi connectivity index (χ2n) is 6.61. The highest BCUT2D eigenvalue weighted by Gasteiger charge is 2.15. The van der Waals surface area contributed by atoms with Crippen molar-refractivity contribution >= 4 is 5.91 Å². The van der Waals surface area contributed by atoms with E-state index in [0.29, 0.717) is 24.6 Å². The van der Waals surface area contributed by atoms with Crippen molar-refractivity contribution in [3.8, 4) is 5.69 Å². The molecule has 0 spiro atoms. The maximum atomic E-state index is 12.3. The average molecular weight is 330 g/mol. The molecule has 0 saturated carbocycles. The van der Waals surface area contributed by atoms with Gasteiger partial charge in [-0.15, -0.1) is 5.10 Å². The molecule has 0 aliphatic carbocycles. The zero-order valence-corrected chi connectivity index (χ0v) is 14.6. The van der Waals surface area contributed by atoms with Crippen LogP contribution < -0.4 is 5.32 Å². The summed E-state index contributed by atoms with van der Waals surface area (Å²) in [6, 6.07) is 7.85. The summed E-state index contributed by atoms with van der Waals surface area (Å²) in [5.41, 5.74) is 2.29. The van der Waals surface area contributed by atoms with E-state index in [0.717, 1.165) is 17.7 Å². The minimum atomic E-state index is -0.236. The first-order valence-corrected chi connectivity index (χ1v) is 8.38. The molecule has 1 unspecified atom stereocenters. The topological polar surface area (TPSA) is 80.0 Å². The van der Waals surface area contributed by atoms with Gasteiger partial charge in [0.1, 0.15) is 0 Å². The number of carbonyl (C=O) groups excluding carboxylic acids is 1. The molecule has 1 heterocycles. The van der Waals surface area contributed by atoms with Crippen molar-refractivity contribution < 1.29 is 9.90 Å². The van der Waals surface area contributed by atoms with Gasteiger partial charge in [0.2, 0.25) is 0 Å². The third-order valence-electron chi connectivity index (χ3n) is 3.89. The zero-order valence-electron chi connectivity index (χ0n) is 14.6. The number of benzene rings is 1. The van der Waals surface area contributed by atoms with Crippen molar-refractivity contribution in [2.75, 3.05) is 13.2 Å². The molecular weight excluding hydrogens is 304 g/mol. The Labute approximate surface area is 142 Å². The van der Waals surface area contributed by atoms with Crippen molar-refractivity contribution in [2.45, 2.75) is 33.6 Å². The van der Waals surface area contributed by atoms with Crippen LogP contribution >= 0.6 is 0 Å². The number of aromatic nitrogens is 3. The molecule has 2 rings (SSSR count). The number of aliphatic hydroxyl groups excluding tert-OH is 1. The minimum absolute atomic E-state index is 0.136. The lowest BCUT2D eigenvalue weighted by Crippen LogP contribution is -2.30. The largest absolute Gasteiger partial charge is 0.396 e. The van der Waals surface area contributed by atoms with Gasteiger partial charge in [0.15, 0.2) is 5.69 Å². The average Bonchev–Trinajstić information content (AvgIpc) is 3.02. The van der Waals surface area contributed by atoms with Gasteiger partial charge in [-0.3, -0.25) is 4.79 Å². The standard InChI is InChI=1S/C18H26N4O2/c1-13(2)9-15(7-8-23)11-19-18(24)17-12-22(21-20-17)16-6-4-5-14(3)10-16/h4-6,10,12-13,15,23H,7-9,11H2,1-3H3,(H,19,24). The molecule has 2 N–H and O–H groups in total. The molecule has 6 heteroatoms. The Morgan fingerprint density at radius 1 is 1.38 bits per heavy atom. The van der Waals surface area contributed by atoms with Crippen molar-refractivity contribution in [2.24, 2.45) is 11.8 Å². The van der Waals surface area contributed by atoms with E-state index in [9.17, 15) is 4.79 Å². The zero-order chi connectivity index (χ0) is 17.5. The normalized spacial score (nSPS) is 12.4. The number of aliphatic hydroxyl groups is 1. The monoisotopic (exact) mass is 330 g/mol. The Hall–Kier alpha value is -2.21. The fourth-order valence-electron chi connectivity index (χ4n) is 2.74. The van der Waals surface area contributed by atoms with Gasteiger partial charge < -0.3 is 10.4 Å². The molecule has 0 radical (unpaired) electrons. The summed E-state index contributed by atoms with van der Waals surface area (Å²) in [5, 5.41) is 20.0. The van der Waals surface area contributed by atoms with Gasteiger partial charge in [0.05, 0.1) is 11.9 Å². The van der Waals surface area contributed by atoms with E-state index in [1.165, 1.54) is 0 Å². The number of nitrogens with one attached hydrogen (secondary N) is 1. The Kier molecular flexibility index (Phi) is 6.49. The summed E-state index contributed by atoms with van der Waals surface area (Å²) < 4.78 is 1.60. The lowest BCUT2D eigenvalue weighted by molar-refractivity contribution is 0.0936. The molecule has 1 aromatic carbocycles. The predicted molar refractivity (Wildman–Crippen MR) is 93.1 cm³/mol. The summed E-state index contributed by atoms with van der Waals surface area (Å²) in [6.45, 7) is 6.95. The van der Waals surface area contributed by atoms with Gasteiger partial charge in [-0.25, -0.2) is 4.68 Å². The van der Waals surface area contributed by atoms with E-state index in [1.807, 2.05) is 31.2 Å². The Balaban J connectivity index is 1.98. The van der Waals surface area contributed by atoms with Crippen molar-refractivity contribution in [1.82, 2.24) is 20.3 Å². The van der Waals surface area contributed by atoms with Crippen LogP contribution in [0, 0.1) is 18.8 Å². The third kappa shape index (κ3) is 5.16. The molecule has 1 atom stereocenters. The molecular formula is C18H26N4O2. The quantitative estimate of drug-likeness (QED) is 0.778. The van der Waals surface area contributed by atoms with E-state index in [1.54, 1.807) is 10.9 Å². The molecule has 0 saturated heterocycles.